The highest BCUT2D eigenvalue weighted by molar-refractivity contribution is 6.30. The summed E-state index contributed by atoms with van der Waals surface area (Å²) in [5.41, 5.74) is 6.61. The van der Waals surface area contributed by atoms with E-state index in [1.807, 2.05) is 31.2 Å². The van der Waals surface area contributed by atoms with Gasteiger partial charge >= 0.3 is 0 Å². The average Bonchev–Trinajstić information content (AvgIpc) is 2.29. The predicted octanol–water partition coefficient (Wildman–Crippen LogP) is 2.89. The number of halogens is 1. The number of benzene rings is 1. The molecule has 0 spiro atoms. The van der Waals surface area contributed by atoms with E-state index in [0.29, 0.717) is 5.82 Å². The van der Waals surface area contributed by atoms with Crippen LogP contribution in [0.2, 0.25) is 5.02 Å². The first-order valence-electron chi connectivity index (χ1n) is 5.25. The summed E-state index contributed by atoms with van der Waals surface area (Å²) >= 11 is 5.94. The van der Waals surface area contributed by atoms with E-state index >= 15 is 0 Å². The molecule has 5 heteroatoms. The maximum Gasteiger partial charge on any atom is 0.221 e. The maximum atomic E-state index is 5.94. The van der Waals surface area contributed by atoms with Gasteiger partial charge in [0.05, 0.1) is 0 Å². The Hall–Kier alpha value is -1.81. The zero-order valence-corrected chi connectivity index (χ0v) is 10.1. The number of aromatic nitrogens is 2. The van der Waals surface area contributed by atoms with Crippen LogP contribution in [0.3, 0.4) is 0 Å². The van der Waals surface area contributed by atoms with Crippen LogP contribution in [0.4, 0.5) is 11.8 Å². The number of rotatable bonds is 3. The zero-order valence-electron chi connectivity index (χ0n) is 9.39. The fourth-order valence-corrected chi connectivity index (χ4v) is 1.73. The molecule has 0 amide bonds. The van der Waals surface area contributed by atoms with E-state index in [1.54, 1.807) is 12.3 Å². The Morgan fingerprint density at radius 3 is 2.88 bits per heavy atom. The van der Waals surface area contributed by atoms with Gasteiger partial charge in [0.15, 0.2) is 0 Å². The lowest BCUT2D eigenvalue weighted by atomic mass is 10.1. The van der Waals surface area contributed by atoms with Gasteiger partial charge in [-0.2, -0.15) is 4.98 Å². The third-order valence-corrected chi connectivity index (χ3v) is 2.62. The number of nitrogen functional groups attached to an aromatic ring is 1. The molecule has 0 saturated carbocycles. The van der Waals surface area contributed by atoms with Gasteiger partial charge in [0.1, 0.15) is 5.82 Å². The number of hydrogen-bond donors (Lipinski definition) is 2. The molecular weight excluding hydrogens is 236 g/mol. The third-order valence-electron chi connectivity index (χ3n) is 2.39. The smallest absolute Gasteiger partial charge is 0.221 e. The Morgan fingerprint density at radius 1 is 1.35 bits per heavy atom. The summed E-state index contributed by atoms with van der Waals surface area (Å²) in [5.74, 6) is 0.957. The summed E-state index contributed by atoms with van der Waals surface area (Å²) in [6, 6.07) is 9.57. The summed E-state index contributed by atoms with van der Waals surface area (Å²) in [7, 11) is 0. The van der Waals surface area contributed by atoms with Gasteiger partial charge in [0, 0.05) is 17.3 Å². The Kier molecular flexibility index (Phi) is 3.44. The van der Waals surface area contributed by atoms with Gasteiger partial charge in [-0.25, -0.2) is 4.98 Å². The molecule has 0 aliphatic heterocycles. The van der Waals surface area contributed by atoms with Crippen molar-refractivity contribution in [2.24, 2.45) is 0 Å². The number of anilines is 2. The molecule has 17 heavy (non-hydrogen) atoms. The zero-order chi connectivity index (χ0) is 12.3. The van der Waals surface area contributed by atoms with Crippen molar-refractivity contribution in [3.8, 4) is 0 Å². The molecule has 88 valence electrons. The lowest BCUT2D eigenvalue weighted by Gasteiger charge is -2.15. The van der Waals surface area contributed by atoms with Crippen molar-refractivity contribution in [1.29, 1.82) is 0 Å². The van der Waals surface area contributed by atoms with Gasteiger partial charge < -0.3 is 11.1 Å². The summed E-state index contributed by atoms with van der Waals surface area (Å²) in [6.07, 6.45) is 1.62. The molecule has 0 bridgehead atoms. The van der Waals surface area contributed by atoms with Crippen molar-refractivity contribution in [3.63, 3.8) is 0 Å². The minimum absolute atomic E-state index is 0.1000. The van der Waals surface area contributed by atoms with Crippen LogP contribution in [0.15, 0.2) is 36.5 Å². The highest BCUT2D eigenvalue weighted by Gasteiger charge is 2.06. The van der Waals surface area contributed by atoms with Crippen LogP contribution in [0, 0.1) is 0 Å². The van der Waals surface area contributed by atoms with Crippen LogP contribution in [0.1, 0.15) is 18.5 Å². The Labute approximate surface area is 105 Å². The molecule has 3 N–H and O–H groups in total. The maximum absolute atomic E-state index is 5.94. The lowest BCUT2D eigenvalue weighted by Crippen LogP contribution is -2.09. The van der Waals surface area contributed by atoms with Crippen LogP contribution < -0.4 is 11.1 Å². The standard InChI is InChI=1S/C12H13ClN4/c1-8(9-3-2-4-10(13)7-9)16-11-5-6-15-12(14)17-11/h2-8H,1H3,(H3,14,15,16,17). The molecule has 1 aromatic carbocycles. The first-order valence-corrected chi connectivity index (χ1v) is 5.63. The molecule has 1 unspecified atom stereocenters. The molecule has 0 radical (unpaired) electrons. The number of nitrogens with zero attached hydrogens (tertiary/aromatic N) is 2. The second kappa shape index (κ2) is 5.01. The molecule has 0 aliphatic rings. The van der Waals surface area contributed by atoms with E-state index in [2.05, 4.69) is 15.3 Å². The molecule has 1 heterocycles. The van der Waals surface area contributed by atoms with E-state index in [1.165, 1.54) is 0 Å². The lowest BCUT2D eigenvalue weighted by molar-refractivity contribution is 0.873. The van der Waals surface area contributed by atoms with Crippen LogP contribution in [0.5, 0.6) is 0 Å². The van der Waals surface area contributed by atoms with Crippen LogP contribution in [-0.2, 0) is 0 Å². The Balaban J connectivity index is 2.14. The molecule has 0 fully saturated rings. The summed E-state index contributed by atoms with van der Waals surface area (Å²) in [5, 5.41) is 3.96. The van der Waals surface area contributed by atoms with Crippen LogP contribution >= 0.6 is 11.6 Å². The molecule has 0 saturated heterocycles. The summed E-state index contributed by atoms with van der Waals surface area (Å²) < 4.78 is 0. The second-order valence-corrected chi connectivity index (χ2v) is 4.16. The van der Waals surface area contributed by atoms with E-state index in [0.717, 1.165) is 10.6 Å². The topological polar surface area (TPSA) is 63.8 Å². The normalized spacial score (nSPS) is 12.1. The minimum atomic E-state index is 0.1000. The second-order valence-electron chi connectivity index (χ2n) is 3.72. The first-order chi connectivity index (χ1) is 8.15. The van der Waals surface area contributed by atoms with Crippen molar-refractivity contribution in [1.82, 2.24) is 9.97 Å². The van der Waals surface area contributed by atoms with Gasteiger partial charge in [0.2, 0.25) is 5.95 Å². The van der Waals surface area contributed by atoms with Crippen LogP contribution in [-0.4, -0.2) is 9.97 Å². The van der Waals surface area contributed by atoms with Crippen molar-refractivity contribution in [2.75, 3.05) is 11.1 Å². The van der Waals surface area contributed by atoms with E-state index in [9.17, 15) is 0 Å². The monoisotopic (exact) mass is 248 g/mol. The molecular formula is C12H13ClN4. The highest BCUT2D eigenvalue weighted by Crippen LogP contribution is 2.20. The predicted molar refractivity (Wildman–Crippen MR) is 69.9 cm³/mol. The fourth-order valence-electron chi connectivity index (χ4n) is 1.54. The Morgan fingerprint density at radius 2 is 2.18 bits per heavy atom. The van der Waals surface area contributed by atoms with Crippen molar-refractivity contribution in [2.45, 2.75) is 13.0 Å². The number of nitrogens with two attached hydrogens (primary N) is 1. The molecule has 2 aromatic rings. The summed E-state index contributed by atoms with van der Waals surface area (Å²) in [6.45, 7) is 2.03. The summed E-state index contributed by atoms with van der Waals surface area (Å²) in [4.78, 5) is 7.92. The van der Waals surface area contributed by atoms with Gasteiger partial charge in [-0.3, -0.25) is 0 Å². The van der Waals surface area contributed by atoms with E-state index < -0.39 is 0 Å². The molecule has 4 nitrogen and oxygen atoms in total. The first kappa shape index (κ1) is 11.7. The minimum Gasteiger partial charge on any atom is -0.368 e. The van der Waals surface area contributed by atoms with Crippen molar-refractivity contribution in [3.05, 3.63) is 47.1 Å². The third kappa shape index (κ3) is 3.07. The van der Waals surface area contributed by atoms with Gasteiger partial charge in [-0.15, -0.1) is 0 Å². The quantitative estimate of drug-likeness (QED) is 0.877. The number of hydrogen-bond acceptors (Lipinski definition) is 4. The van der Waals surface area contributed by atoms with Crippen molar-refractivity contribution >= 4 is 23.4 Å². The SMILES string of the molecule is CC(Nc1ccnc(N)n1)c1cccc(Cl)c1. The molecule has 1 atom stereocenters. The fraction of sp³-hybridized carbons (Fsp3) is 0.167. The van der Waals surface area contributed by atoms with Gasteiger partial charge in [-0.05, 0) is 30.7 Å². The molecule has 1 aromatic heterocycles. The molecule has 2 rings (SSSR count). The Bertz CT molecular complexity index is 515. The van der Waals surface area contributed by atoms with Gasteiger partial charge in [-0.1, -0.05) is 23.7 Å². The largest absolute Gasteiger partial charge is 0.368 e. The van der Waals surface area contributed by atoms with Crippen molar-refractivity contribution < 1.29 is 0 Å². The number of nitrogens with one attached hydrogen (secondary N) is 1. The molecule has 0 aliphatic carbocycles. The van der Waals surface area contributed by atoms with E-state index in [-0.39, 0.29) is 12.0 Å². The van der Waals surface area contributed by atoms with Gasteiger partial charge in [0.25, 0.3) is 0 Å². The van der Waals surface area contributed by atoms with Crippen LogP contribution in [0.25, 0.3) is 0 Å². The van der Waals surface area contributed by atoms with E-state index in [4.69, 9.17) is 17.3 Å². The average molecular weight is 249 g/mol. The highest BCUT2D eigenvalue weighted by atomic mass is 35.5.